The molecule has 1 amide bonds. The summed E-state index contributed by atoms with van der Waals surface area (Å²) in [5.74, 6) is 1.74. The lowest BCUT2D eigenvalue weighted by Gasteiger charge is -2.32. The van der Waals surface area contributed by atoms with Gasteiger partial charge >= 0.3 is 0 Å². The Hall–Kier alpha value is -2.83. The fourth-order valence-electron chi connectivity index (χ4n) is 3.10. The van der Waals surface area contributed by atoms with E-state index in [4.69, 9.17) is 14.2 Å². The van der Waals surface area contributed by atoms with Gasteiger partial charge in [-0.15, -0.1) is 0 Å². The Labute approximate surface area is 159 Å². The number of piperidine rings is 1. The lowest BCUT2D eigenvalue weighted by molar-refractivity contribution is 0.0527. The average molecular weight is 371 g/mol. The highest BCUT2D eigenvalue weighted by Gasteiger charge is 2.26. The Balaban J connectivity index is 1.70. The molecule has 2 heterocycles. The maximum atomic E-state index is 13.0. The van der Waals surface area contributed by atoms with Crippen LogP contribution in [0.3, 0.4) is 0 Å². The molecule has 1 aromatic carbocycles. The normalized spacial score (nSPS) is 16.7. The first-order chi connectivity index (χ1) is 13.2. The number of aromatic nitrogens is 2. The van der Waals surface area contributed by atoms with Crippen molar-refractivity contribution in [2.24, 2.45) is 0 Å². The van der Waals surface area contributed by atoms with Gasteiger partial charge in [-0.3, -0.25) is 4.79 Å². The maximum Gasteiger partial charge on any atom is 0.254 e. The van der Waals surface area contributed by atoms with E-state index in [1.165, 1.54) is 6.33 Å². The van der Waals surface area contributed by atoms with Crippen molar-refractivity contribution in [3.8, 4) is 17.4 Å². The van der Waals surface area contributed by atoms with Crippen LogP contribution >= 0.6 is 0 Å². The molecule has 2 aromatic rings. The number of rotatable bonds is 7. The number of carbonyl (C=O) groups excluding carboxylic acids is 1. The number of hydrogen-bond acceptors (Lipinski definition) is 6. The average Bonchev–Trinajstić information content (AvgIpc) is 2.70. The zero-order valence-electron chi connectivity index (χ0n) is 15.8. The third kappa shape index (κ3) is 4.87. The molecule has 3 rings (SSSR count). The lowest BCUT2D eigenvalue weighted by Crippen LogP contribution is -2.44. The van der Waals surface area contributed by atoms with Crippen LogP contribution in [0.1, 0.15) is 37.0 Å². The van der Waals surface area contributed by atoms with E-state index >= 15 is 0 Å². The number of amides is 1. The fourth-order valence-corrected chi connectivity index (χ4v) is 3.10. The third-order valence-electron chi connectivity index (χ3n) is 4.30. The van der Waals surface area contributed by atoms with Gasteiger partial charge in [-0.2, -0.15) is 0 Å². The van der Waals surface area contributed by atoms with Gasteiger partial charge in [0.1, 0.15) is 12.4 Å². The lowest BCUT2D eigenvalue weighted by atomic mass is 10.1. The molecule has 0 saturated carbocycles. The topological polar surface area (TPSA) is 73.8 Å². The quantitative estimate of drug-likeness (QED) is 0.745. The van der Waals surface area contributed by atoms with Gasteiger partial charge in [-0.05, 0) is 44.9 Å². The number of nitrogens with zero attached hydrogens (tertiary/aromatic N) is 3. The third-order valence-corrected chi connectivity index (χ3v) is 4.30. The van der Waals surface area contributed by atoms with Gasteiger partial charge in [0.05, 0.1) is 19.8 Å². The Morgan fingerprint density at radius 3 is 2.74 bits per heavy atom. The molecule has 1 aliphatic heterocycles. The molecule has 7 nitrogen and oxygen atoms in total. The van der Waals surface area contributed by atoms with Gasteiger partial charge in [-0.25, -0.2) is 9.97 Å². The van der Waals surface area contributed by atoms with Crippen LogP contribution in [0.5, 0.6) is 17.4 Å². The molecular formula is C20H25N3O4. The van der Waals surface area contributed by atoms with Crippen molar-refractivity contribution in [2.45, 2.75) is 32.8 Å². The van der Waals surface area contributed by atoms with Crippen molar-refractivity contribution in [3.05, 3.63) is 42.4 Å². The number of carbonyl (C=O) groups is 1. The van der Waals surface area contributed by atoms with E-state index in [2.05, 4.69) is 9.97 Å². The first-order valence-electron chi connectivity index (χ1n) is 9.32. The van der Waals surface area contributed by atoms with E-state index in [1.54, 1.807) is 30.5 Å². The Morgan fingerprint density at radius 1 is 1.19 bits per heavy atom. The number of benzene rings is 1. The number of likely N-dealkylation sites (tertiary alicyclic amines) is 1. The molecule has 1 atom stereocenters. The van der Waals surface area contributed by atoms with Gasteiger partial charge in [0.25, 0.3) is 5.91 Å². The highest BCUT2D eigenvalue weighted by atomic mass is 16.5. The SMILES string of the molecule is CCOc1ccc(C(=O)N2CCCC(Oc3ccncn3)C2)cc1OCC. The maximum absolute atomic E-state index is 13.0. The summed E-state index contributed by atoms with van der Waals surface area (Å²) in [6.45, 7) is 6.11. The monoisotopic (exact) mass is 371 g/mol. The van der Waals surface area contributed by atoms with E-state index in [1.807, 2.05) is 18.7 Å². The van der Waals surface area contributed by atoms with E-state index in [0.29, 0.717) is 49.2 Å². The van der Waals surface area contributed by atoms with Gasteiger partial charge in [0.2, 0.25) is 5.88 Å². The largest absolute Gasteiger partial charge is 0.490 e. The van der Waals surface area contributed by atoms with Crippen molar-refractivity contribution in [1.29, 1.82) is 0 Å². The van der Waals surface area contributed by atoms with Crippen LogP contribution in [0.4, 0.5) is 0 Å². The van der Waals surface area contributed by atoms with Gasteiger partial charge in [0.15, 0.2) is 11.5 Å². The Morgan fingerprint density at radius 2 is 2.00 bits per heavy atom. The van der Waals surface area contributed by atoms with E-state index < -0.39 is 0 Å². The molecular weight excluding hydrogens is 346 g/mol. The smallest absolute Gasteiger partial charge is 0.254 e. The Bertz CT molecular complexity index is 754. The molecule has 0 radical (unpaired) electrons. The van der Waals surface area contributed by atoms with Crippen molar-refractivity contribution < 1.29 is 19.0 Å². The molecule has 7 heteroatoms. The van der Waals surface area contributed by atoms with Crippen LogP contribution in [-0.2, 0) is 0 Å². The molecule has 1 fully saturated rings. The second-order valence-corrected chi connectivity index (χ2v) is 6.21. The summed E-state index contributed by atoms with van der Waals surface area (Å²) in [4.78, 5) is 22.8. The van der Waals surface area contributed by atoms with E-state index in [-0.39, 0.29) is 12.0 Å². The molecule has 0 aliphatic carbocycles. The molecule has 27 heavy (non-hydrogen) atoms. The first-order valence-corrected chi connectivity index (χ1v) is 9.32. The minimum atomic E-state index is -0.0772. The summed E-state index contributed by atoms with van der Waals surface area (Å²) in [5.41, 5.74) is 0.588. The van der Waals surface area contributed by atoms with Crippen LogP contribution in [0.25, 0.3) is 0 Å². The first kappa shape index (κ1) is 18.9. The summed E-state index contributed by atoms with van der Waals surface area (Å²) < 4.78 is 17.1. The van der Waals surface area contributed by atoms with Crippen molar-refractivity contribution in [2.75, 3.05) is 26.3 Å². The zero-order valence-corrected chi connectivity index (χ0v) is 15.8. The van der Waals surface area contributed by atoms with Crippen LogP contribution in [0.2, 0.25) is 0 Å². The highest BCUT2D eigenvalue weighted by Crippen LogP contribution is 2.29. The minimum Gasteiger partial charge on any atom is -0.490 e. The number of hydrogen-bond donors (Lipinski definition) is 0. The van der Waals surface area contributed by atoms with Gasteiger partial charge in [0, 0.05) is 24.4 Å². The van der Waals surface area contributed by atoms with Gasteiger partial charge in [-0.1, -0.05) is 0 Å². The highest BCUT2D eigenvalue weighted by molar-refractivity contribution is 5.95. The van der Waals surface area contributed by atoms with E-state index in [0.717, 1.165) is 12.8 Å². The molecule has 0 spiro atoms. The molecule has 1 unspecified atom stereocenters. The Kier molecular flexibility index (Phi) is 6.46. The van der Waals surface area contributed by atoms with Crippen molar-refractivity contribution in [1.82, 2.24) is 14.9 Å². The molecule has 1 aliphatic rings. The molecule has 0 bridgehead atoms. The predicted octanol–water partition coefficient (Wildman–Crippen LogP) is 2.96. The summed E-state index contributed by atoms with van der Waals surface area (Å²) in [6.07, 6.45) is 4.80. The molecule has 0 N–H and O–H groups in total. The summed E-state index contributed by atoms with van der Waals surface area (Å²) in [7, 11) is 0. The second-order valence-electron chi connectivity index (χ2n) is 6.21. The second kappa shape index (κ2) is 9.21. The summed E-state index contributed by atoms with van der Waals surface area (Å²) in [6, 6.07) is 7.05. The zero-order chi connectivity index (χ0) is 19.1. The van der Waals surface area contributed by atoms with Crippen LogP contribution in [-0.4, -0.2) is 53.2 Å². The summed E-state index contributed by atoms with van der Waals surface area (Å²) in [5, 5.41) is 0. The minimum absolute atomic E-state index is 0.0324. The summed E-state index contributed by atoms with van der Waals surface area (Å²) >= 11 is 0. The van der Waals surface area contributed by atoms with Crippen LogP contribution in [0.15, 0.2) is 36.8 Å². The van der Waals surface area contributed by atoms with E-state index in [9.17, 15) is 4.79 Å². The van der Waals surface area contributed by atoms with Gasteiger partial charge < -0.3 is 19.1 Å². The number of ether oxygens (including phenoxy) is 3. The van der Waals surface area contributed by atoms with Crippen molar-refractivity contribution >= 4 is 5.91 Å². The standard InChI is InChI=1S/C20H25N3O4/c1-3-25-17-8-7-15(12-18(17)26-4-2)20(24)23-11-5-6-16(13-23)27-19-9-10-21-14-22-19/h7-10,12,14,16H,3-6,11,13H2,1-2H3. The molecule has 144 valence electrons. The predicted molar refractivity (Wildman–Crippen MR) is 100 cm³/mol. The van der Waals surface area contributed by atoms with Crippen LogP contribution < -0.4 is 14.2 Å². The molecule has 1 aromatic heterocycles. The molecule has 1 saturated heterocycles. The van der Waals surface area contributed by atoms with Crippen LogP contribution in [0, 0.1) is 0 Å². The fraction of sp³-hybridized carbons (Fsp3) is 0.450. The van der Waals surface area contributed by atoms with Crippen molar-refractivity contribution in [3.63, 3.8) is 0 Å².